The maximum Gasteiger partial charge on any atom is 0.242 e. The standard InChI is InChI=1S/C14H22ClN3O2S/c1-2-3-10-4-6-11(7-5-10)18-21(19,20)12-8-13(15)14(16)17-9-12/h8-11,18H,2-7H2,1H3,(H2,16,17). The van der Waals surface area contributed by atoms with Crippen molar-refractivity contribution in [1.82, 2.24) is 9.71 Å². The van der Waals surface area contributed by atoms with Gasteiger partial charge in [0.2, 0.25) is 10.0 Å². The van der Waals surface area contributed by atoms with E-state index in [1.165, 1.54) is 25.1 Å². The van der Waals surface area contributed by atoms with Crippen LogP contribution in [-0.2, 0) is 10.0 Å². The predicted octanol–water partition coefficient (Wildman–Crippen LogP) is 2.95. The Hall–Kier alpha value is -0.850. The first-order chi connectivity index (χ1) is 9.92. The van der Waals surface area contributed by atoms with Crippen molar-refractivity contribution >= 4 is 27.4 Å². The van der Waals surface area contributed by atoms with E-state index in [4.69, 9.17) is 17.3 Å². The molecule has 3 N–H and O–H groups in total. The number of sulfonamides is 1. The lowest BCUT2D eigenvalue weighted by Gasteiger charge is -2.28. The van der Waals surface area contributed by atoms with Gasteiger partial charge in [-0.15, -0.1) is 0 Å². The van der Waals surface area contributed by atoms with Crippen molar-refractivity contribution in [2.75, 3.05) is 5.73 Å². The topological polar surface area (TPSA) is 85.1 Å². The fraction of sp³-hybridized carbons (Fsp3) is 0.643. The molecule has 1 aromatic rings. The second-order valence-electron chi connectivity index (χ2n) is 5.67. The van der Waals surface area contributed by atoms with Gasteiger partial charge in [-0.25, -0.2) is 18.1 Å². The van der Waals surface area contributed by atoms with Gasteiger partial charge >= 0.3 is 0 Å². The monoisotopic (exact) mass is 331 g/mol. The van der Waals surface area contributed by atoms with Gasteiger partial charge in [-0.2, -0.15) is 0 Å². The Morgan fingerprint density at radius 2 is 2.05 bits per heavy atom. The molecule has 1 saturated carbocycles. The summed E-state index contributed by atoms with van der Waals surface area (Å²) < 4.78 is 27.4. The van der Waals surface area contributed by atoms with Crippen molar-refractivity contribution in [2.24, 2.45) is 5.92 Å². The summed E-state index contributed by atoms with van der Waals surface area (Å²) in [6.07, 6.45) is 7.61. The van der Waals surface area contributed by atoms with E-state index in [-0.39, 0.29) is 21.8 Å². The second-order valence-corrected chi connectivity index (χ2v) is 7.79. The van der Waals surface area contributed by atoms with Crippen LogP contribution >= 0.6 is 11.6 Å². The molecular formula is C14H22ClN3O2S. The molecule has 0 saturated heterocycles. The van der Waals surface area contributed by atoms with Crippen LogP contribution in [0.5, 0.6) is 0 Å². The van der Waals surface area contributed by atoms with Crippen LogP contribution in [-0.4, -0.2) is 19.4 Å². The molecule has 0 amide bonds. The molecule has 1 aromatic heterocycles. The average Bonchev–Trinajstić information content (AvgIpc) is 2.44. The zero-order valence-electron chi connectivity index (χ0n) is 12.2. The Kier molecular flexibility index (Phi) is 5.46. The fourth-order valence-electron chi connectivity index (χ4n) is 2.84. The zero-order chi connectivity index (χ0) is 15.5. The summed E-state index contributed by atoms with van der Waals surface area (Å²) in [5.41, 5.74) is 5.50. The number of hydrogen-bond acceptors (Lipinski definition) is 4. The van der Waals surface area contributed by atoms with E-state index < -0.39 is 10.0 Å². The molecule has 0 spiro atoms. The van der Waals surface area contributed by atoms with Gasteiger partial charge in [0.15, 0.2) is 0 Å². The molecule has 0 radical (unpaired) electrons. The SMILES string of the molecule is CCCC1CCC(NS(=O)(=O)c2cnc(N)c(Cl)c2)CC1. The number of nitrogen functional groups attached to an aromatic ring is 1. The highest BCUT2D eigenvalue weighted by atomic mass is 35.5. The number of nitrogens with zero attached hydrogens (tertiary/aromatic N) is 1. The first-order valence-corrected chi connectivity index (χ1v) is 9.22. The van der Waals surface area contributed by atoms with Gasteiger partial charge < -0.3 is 5.73 Å². The summed E-state index contributed by atoms with van der Waals surface area (Å²) in [5, 5.41) is 0.157. The van der Waals surface area contributed by atoms with Crippen molar-refractivity contribution in [2.45, 2.75) is 56.4 Å². The van der Waals surface area contributed by atoms with Gasteiger partial charge in [0, 0.05) is 12.2 Å². The van der Waals surface area contributed by atoms with E-state index in [0.717, 1.165) is 31.6 Å². The minimum Gasteiger partial charge on any atom is -0.382 e. The molecule has 1 aliphatic carbocycles. The van der Waals surface area contributed by atoms with Crippen LogP contribution in [0, 0.1) is 5.92 Å². The molecule has 0 unspecified atom stereocenters. The van der Waals surface area contributed by atoms with Crippen molar-refractivity contribution < 1.29 is 8.42 Å². The molecule has 2 rings (SSSR count). The molecule has 0 bridgehead atoms. The van der Waals surface area contributed by atoms with Gasteiger partial charge in [0.1, 0.15) is 10.7 Å². The Balaban J connectivity index is 2.00. The summed E-state index contributed by atoms with van der Waals surface area (Å²) in [6.45, 7) is 2.19. The third kappa shape index (κ3) is 4.31. The molecule has 0 atom stereocenters. The molecular weight excluding hydrogens is 310 g/mol. The second kappa shape index (κ2) is 6.94. The highest BCUT2D eigenvalue weighted by Gasteiger charge is 2.25. The van der Waals surface area contributed by atoms with Crippen LogP contribution in [0.25, 0.3) is 0 Å². The lowest BCUT2D eigenvalue weighted by molar-refractivity contribution is 0.297. The number of anilines is 1. The van der Waals surface area contributed by atoms with Crippen LogP contribution in [0.4, 0.5) is 5.82 Å². The first-order valence-electron chi connectivity index (χ1n) is 7.35. The van der Waals surface area contributed by atoms with Crippen LogP contribution in [0.15, 0.2) is 17.2 Å². The molecule has 118 valence electrons. The minimum atomic E-state index is -3.58. The average molecular weight is 332 g/mol. The normalized spacial score (nSPS) is 23.1. The van der Waals surface area contributed by atoms with E-state index in [9.17, 15) is 8.42 Å². The summed E-state index contributed by atoms with van der Waals surface area (Å²) in [6, 6.07) is 1.34. The number of aromatic nitrogens is 1. The van der Waals surface area contributed by atoms with Gasteiger partial charge in [-0.05, 0) is 37.7 Å². The molecule has 1 heterocycles. The molecule has 0 aliphatic heterocycles. The van der Waals surface area contributed by atoms with E-state index >= 15 is 0 Å². The largest absolute Gasteiger partial charge is 0.382 e. The van der Waals surface area contributed by atoms with Crippen molar-refractivity contribution in [3.05, 3.63) is 17.3 Å². The Morgan fingerprint density at radius 3 is 2.62 bits per heavy atom. The summed E-state index contributed by atoms with van der Waals surface area (Å²) in [5.74, 6) is 0.874. The maximum atomic E-state index is 12.3. The molecule has 7 heteroatoms. The van der Waals surface area contributed by atoms with Crippen LogP contribution in [0.1, 0.15) is 45.4 Å². The Bertz CT molecular complexity index is 584. The van der Waals surface area contributed by atoms with E-state index in [2.05, 4.69) is 16.6 Å². The van der Waals surface area contributed by atoms with Crippen LogP contribution < -0.4 is 10.5 Å². The number of nitrogens with two attached hydrogens (primary N) is 1. The minimum absolute atomic E-state index is 0.000523. The van der Waals surface area contributed by atoms with Gasteiger partial charge in [0.05, 0.1) is 5.02 Å². The number of rotatable bonds is 5. The molecule has 0 aromatic carbocycles. The smallest absolute Gasteiger partial charge is 0.242 e. The number of nitrogens with one attached hydrogen (secondary N) is 1. The number of halogens is 1. The number of pyridine rings is 1. The number of hydrogen-bond donors (Lipinski definition) is 2. The van der Waals surface area contributed by atoms with Crippen molar-refractivity contribution in [3.63, 3.8) is 0 Å². The summed E-state index contributed by atoms with van der Waals surface area (Å²) in [4.78, 5) is 3.87. The van der Waals surface area contributed by atoms with Crippen molar-refractivity contribution in [3.8, 4) is 0 Å². The zero-order valence-corrected chi connectivity index (χ0v) is 13.8. The van der Waals surface area contributed by atoms with Gasteiger partial charge in [-0.1, -0.05) is 31.4 Å². The third-order valence-electron chi connectivity index (χ3n) is 4.02. The lowest BCUT2D eigenvalue weighted by Crippen LogP contribution is -2.37. The quantitative estimate of drug-likeness (QED) is 0.868. The van der Waals surface area contributed by atoms with E-state index in [0.29, 0.717) is 0 Å². The molecule has 1 aliphatic rings. The molecule has 21 heavy (non-hydrogen) atoms. The van der Waals surface area contributed by atoms with Crippen molar-refractivity contribution in [1.29, 1.82) is 0 Å². The van der Waals surface area contributed by atoms with Gasteiger partial charge in [-0.3, -0.25) is 0 Å². The predicted molar refractivity (Wildman–Crippen MR) is 84.6 cm³/mol. The fourth-order valence-corrected chi connectivity index (χ4v) is 4.35. The van der Waals surface area contributed by atoms with Gasteiger partial charge in [0.25, 0.3) is 0 Å². The van der Waals surface area contributed by atoms with E-state index in [1.54, 1.807) is 0 Å². The summed E-state index contributed by atoms with van der Waals surface area (Å²) >= 11 is 5.84. The summed E-state index contributed by atoms with van der Waals surface area (Å²) in [7, 11) is -3.58. The van der Waals surface area contributed by atoms with E-state index in [1.807, 2.05) is 0 Å². The lowest BCUT2D eigenvalue weighted by atomic mass is 9.84. The Morgan fingerprint density at radius 1 is 1.38 bits per heavy atom. The maximum absolute atomic E-state index is 12.3. The first kappa shape index (κ1) is 16.5. The Labute approximate surface area is 131 Å². The highest BCUT2D eigenvalue weighted by Crippen LogP contribution is 2.29. The highest BCUT2D eigenvalue weighted by molar-refractivity contribution is 7.89. The van der Waals surface area contributed by atoms with Crippen LogP contribution in [0.3, 0.4) is 0 Å². The third-order valence-corrected chi connectivity index (χ3v) is 5.81. The molecule has 1 fully saturated rings. The molecule has 5 nitrogen and oxygen atoms in total. The van der Waals surface area contributed by atoms with Crippen LogP contribution in [0.2, 0.25) is 5.02 Å².